The van der Waals surface area contributed by atoms with Gasteiger partial charge in [0.05, 0.1) is 21.2 Å². The van der Waals surface area contributed by atoms with Crippen molar-refractivity contribution in [3.05, 3.63) is 60.5 Å². The van der Waals surface area contributed by atoms with Crippen molar-refractivity contribution in [2.24, 2.45) is 0 Å². The maximum atomic E-state index is 9.03. The van der Waals surface area contributed by atoms with Crippen LogP contribution in [0, 0.1) is 41.1 Å². The fraction of sp³-hybridized carbons (Fsp3) is 0. The number of ether oxygens (including phenoxy) is 3. The second kappa shape index (κ2) is 10.7. The van der Waals surface area contributed by atoms with Crippen molar-refractivity contribution in [1.29, 1.82) is 15.8 Å². The van der Waals surface area contributed by atoms with E-state index in [-0.39, 0.29) is 54.8 Å². The molecule has 0 fully saturated rings. The second-order valence-electron chi connectivity index (χ2n) is 5.02. The number of hydrogen-bond donors (Lipinski definition) is 0. The van der Waals surface area contributed by atoms with Crippen LogP contribution in [-0.2, 0) is 0 Å². The molecule has 2 aromatic rings. The molecule has 0 heterocycles. The lowest BCUT2D eigenvalue weighted by molar-refractivity contribution is 0.467. The number of halogens is 5. The molecule has 0 bridgehead atoms. The Morgan fingerprint density at radius 3 is 1.94 bits per heavy atom. The van der Waals surface area contributed by atoms with Crippen molar-refractivity contribution in [1.82, 2.24) is 0 Å². The molecule has 0 amide bonds. The van der Waals surface area contributed by atoms with Gasteiger partial charge < -0.3 is 14.2 Å². The normalized spacial score (nSPS) is 9.32. The molecule has 0 atom stereocenters. The van der Waals surface area contributed by atoms with Crippen LogP contribution in [0.4, 0.5) is 0 Å². The first-order valence-corrected chi connectivity index (χ1v) is 9.33. The number of hydrogen-bond acceptors (Lipinski definition) is 7. The van der Waals surface area contributed by atoms with Gasteiger partial charge in [-0.05, 0) is 17.1 Å². The fourth-order valence-electron chi connectivity index (χ4n) is 2.42. The molecule has 2 rings (SSSR count). The van der Waals surface area contributed by atoms with E-state index in [0.29, 0.717) is 0 Å². The molecular weight excluding hydrogens is 513 g/mol. The summed E-state index contributed by atoms with van der Waals surface area (Å²) in [7, 11) is 0. The zero-order valence-electron chi connectivity index (χ0n) is 14.5. The van der Waals surface area contributed by atoms with Crippen molar-refractivity contribution in [3.63, 3.8) is 0 Å². The quantitative estimate of drug-likeness (QED) is 0.240. The van der Waals surface area contributed by atoms with Gasteiger partial charge in [0, 0.05) is 11.6 Å². The second-order valence-corrected chi connectivity index (χ2v) is 7.14. The highest BCUT2D eigenvalue weighted by Crippen LogP contribution is 2.51. The summed E-state index contributed by atoms with van der Waals surface area (Å²) in [5.74, 6) is -0.835. The van der Waals surface area contributed by atoms with E-state index in [1.165, 1.54) is 30.9 Å². The Morgan fingerprint density at radius 2 is 1.39 bits per heavy atom. The van der Waals surface area contributed by atoms with Gasteiger partial charge in [0.1, 0.15) is 9.51 Å². The Balaban J connectivity index is 3.04. The average molecular weight is 517 g/mol. The Bertz CT molecular complexity index is 1250. The van der Waals surface area contributed by atoms with Crippen LogP contribution in [0.1, 0.15) is 11.1 Å². The first-order valence-electron chi connectivity index (χ1n) is 7.44. The largest absolute Gasteiger partial charge is 0.387 e. The van der Waals surface area contributed by atoms with E-state index < -0.39 is 4.49 Å². The van der Waals surface area contributed by atoms with E-state index in [1.54, 1.807) is 0 Å². The lowest BCUT2D eigenvalue weighted by atomic mass is 9.96. The third-order valence-corrected chi connectivity index (χ3v) is 4.89. The average Bonchev–Trinajstić information content (AvgIpc) is 2.71. The zero-order chi connectivity index (χ0) is 23.1. The van der Waals surface area contributed by atoms with Crippen LogP contribution in [0.3, 0.4) is 0 Å². The van der Waals surface area contributed by atoms with Crippen LogP contribution >= 0.6 is 58.0 Å². The van der Waals surface area contributed by atoms with Crippen molar-refractivity contribution < 1.29 is 19.0 Å². The highest BCUT2D eigenvalue weighted by molar-refractivity contribution is 6.59. The molecule has 31 heavy (non-hydrogen) atoms. The summed E-state index contributed by atoms with van der Waals surface area (Å²) in [6.07, 6.45) is 4.34. The van der Waals surface area contributed by atoms with Crippen molar-refractivity contribution in [2.75, 3.05) is 0 Å². The lowest BCUT2D eigenvalue weighted by Crippen LogP contribution is -2.01. The summed E-state index contributed by atoms with van der Waals surface area (Å²) < 4.78 is 14.2. The molecule has 0 aromatic heterocycles. The zero-order valence-corrected chi connectivity index (χ0v) is 18.3. The van der Waals surface area contributed by atoms with Gasteiger partial charge in [-0.25, -0.2) is 0 Å². The van der Waals surface area contributed by atoms with E-state index >= 15 is 0 Å². The van der Waals surface area contributed by atoms with Crippen LogP contribution < -0.4 is 19.0 Å². The lowest BCUT2D eigenvalue weighted by Gasteiger charge is -2.18. The Morgan fingerprint density at radius 1 is 0.839 bits per heavy atom. The molecule has 0 saturated heterocycles. The van der Waals surface area contributed by atoms with Crippen LogP contribution in [0.25, 0.3) is 10.6 Å². The molecular formula is C18H3Cl5N4O4. The number of rotatable bonds is 6. The minimum absolute atomic E-state index is 0.134. The summed E-state index contributed by atoms with van der Waals surface area (Å²) in [6, 6.07) is 3.63. The molecule has 0 aliphatic heterocycles. The molecule has 154 valence electrons. The van der Waals surface area contributed by atoms with E-state index in [9.17, 15) is 0 Å². The van der Waals surface area contributed by atoms with Crippen molar-refractivity contribution in [2.45, 2.75) is 0 Å². The molecule has 0 aliphatic carbocycles. The van der Waals surface area contributed by atoms with Crippen molar-refractivity contribution in [3.8, 4) is 41.8 Å². The van der Waals surface area contributed by atoms with Gasteiger partial charge in [-0.3, -0.25) is 0 Å². The topological polar surface area (TPSA) is 113 Å². The van der Waals surface area contributed by atoms with Gasteiger partial charge in [0.25, 0.3) is 18.8 Å². The van der Waals surface area contributed by atoms with E-state index in [1.807, 2.05) is 0 Å². The molecule has 0 radical (unpaired) electrons. The smallest absolute Gasteiger partial charge is 0.292 e. The summed E-state index contributed by atoms with van der Waals surface area (Å²) >= 11 is 31.0. The number of nitriles is 3. The van der Waals surface area contributed by atoms with Gasteiger partial charge in [-0.2, -0.15) is 11.4 Å². The highest BCUT2D eigenvalue weighted by atomic mass is 35.5. The Labute approximate surface area is 200 Å². The van der Waals surface area contributed by atoms with Gasteiger partial charge in [-0.15, -0.1) is 15.8 Å². The van der Waals surface area contributed by atoms with Crippen LogP contribution in [0.15, 0.2) is 22.7 Å². The first kappa shape index (κ1) is 24.1. The highest BCUT2D eigenvalue weighted by Gasteiger charge is 2.30. The summed E-state index contributed by atoms with van der Waals surface area (Å²) in [5.41, 5.74) is -0.523. The molecule has 0 spiro atoms. The van der Waals surface area contributed by atoms with Crippen LogP contribution in [0.5, 0.6) is 23.0 Å². The van der Waals surface area contributed by atoms with E-state index in [0.717, 1.165) is 6.07 Å². The van der Waals surface area contributed by atoms with Gasteiger partial charge in [0.15, 0.2) is 17.2 Å². The summed E-state index contributed by atoms with van der Waals surface area (Å²) in [4.78, 5) is 4.77. The Hall–Kier alpha value is -3.21. The maximum Gasteiger partial charge on any atom is 0.292 e. The van der Waals surface area contributed by atoms with Gasteiger partial charge in [0.2, 0.25) is 5.75 Å². The third-order valence-electron chi connectivity index (χ3n) is 3.50. The number of benzene rings is 2. The molecule has 0 aliphatic rings. The molecule has 0 saturated carbocycles. The standard InChI is InChI=1S/C18H3Cl5N4O4/c1-27-31-10-3-2-9(28-5-24)12(15(10)20)14(18(22)23)13-11(29-6-25)4-8(19)17(16(13)21)30-7-26/h2-4H. The molecule has 2 aromatic carbocycles. The SMILES string of the molecule is [C-]#[N+]Oc1ccc(OC#N)c(C(=C(Cl)Cl)c2c(OC#N)cc(Cl)c(OC#N)c2Cl)c1Cl. The third kappa shape index (κ3) is 4.93. The predicted octanol–water partition coefficient (Wildman–Crippen LogP) is 6.63. The minimum atomic E-state index is -0.473. The minimum Gasteiger partial charge on any atom is -0.387 e. The Kier molecular flexibility index (Phi) is 8.31. The van der Waals surface area contributed by atoms with Gasteiger partial charge in [-0.1, -0.05) is 58.0 Å². The predicted molar refractivity (Wildman–Crippen MR) is 112 cm³/mol. The molecule has 8 nitrogen and oxygen atoms in total. The summed E-state index contributed by atoms with van der Waals surface area (Å²) in [5, 5.41) is 29.0. The molecule has 0 N–H and O–H groups in total. The van der Waals surface area contributed by atoms with Gasteiger partial charge >= 0.3 is 0 Å². The monoisotopic (exact) mass is 514 g/mol. The van der Waals surface area contributed by atoms with Crippen molar-refractivity contribution >= 4 is 63.6 Å². The maximum absolute atomic E-state index is 9.03. The van der Waals surface area contributed by atoms with E-state index in [4.69, 9.17) is 99.4 Å². The van der Waals surface area contributed by atoms with Crippen LogP contribution in [-0.4, -0.2) is 0 Å². The molecule has 13 heteroatoms. The van der Waals surface area contributed by atoms with Crippen LogP contribution in [0.2, 0.25) is 15.1 Å². The number of nitrogens with zero attached hydrogens (tertiary/aromatic N) is 4. The first-order chi connectivity index (χ1) is 14.8. The molecule has 0 unspecified atom stereocenters. The van der Waals surface area contributed by atoms with E-state index in [2.05, 4.69) is 5.01 Å². The fourth-order valence-corrected chi connectivity index (χ4v) is 3.69. The summed E-state index contributed by atoms with van der Waals surface area (Å²) in [6.45, 7) is 6.88.